The molecule has 1 amide bonds. The average molecular weight is 347 g/mol. The van der Waals surface area contributed by atoms with Crippen molar-refractivity contribution in [1.29, 1.82) is 0 Å². The number of amides is 1. The molecule has 132 valence electrons. The number of carbonyl (C=O) groups excluding carboxylic acids is 1. The number of ether oxygens (including phenoxy) is 2. The zero-order valence-corrected chi connectivity index (χ0v) is 14.7. The highest BCUT2D eigenvalue weighted by Gasteiger charge is 2.21. The molecule has 0 saturated heterocycles. The largest absolute Gasteiger partial charge is 0.493 e. The molecule has 2 aromatic carbocycles. The second-order valence-electron chi connectivity index (χ2n) is 6.57. The van der Waals surface area contributed by atoms with E-state index in [1.807, 2.05) is 24.3 Å². The van der Waals surface area contributed by atoms with E-state index in [4.69, 9.17) is 9.47 Å². The number of aryl methyl sites for hydroxylation is 1. The van der Waals surface area contributed by atoms with Crippen molar-refractivity contribution in [2.24, 2.45) is 0 Å². The Kier molecular flexibility index (Phi) is 4.79. The number of hydrogen-bond donors (Lipinski definition) is 0. The number of benzene rings is 2. The molecule has 0 spiro atoms. The summed E-state index contributed by atoms with van der Waals surface area (Å²) in [7, 11) is 0. The molecular weight excluding hydrogens is 326 g/mol. The summed E-state index contributed by atoms with van der Waals surface area (Å²) in [6.45, 7) is 2.18. The van der Waals surface area contributed by atoms with Crippen molar-refractivity contribution < 1.29 is 14.3 Å². The van der Waals surface area contributed by atoms with Crippen molar-refractivity contribution >= 4 is 6.09 Å². The molecule has 4 nitrogen and oxygen atoms in total. The summed E-state index contributed by atoms with van der Waals surface area (Å²) < 4.78 is 10.9. The molecule has 2 heterocycles. The van der Waals surface area contributed by atoms with E-state index in [9.17, 15) is 4.79 Å². The van der Waals surface area contributed by atoms with E-state index in [0.717, 1.165) is 37.2 Å². The molecule has 0 N–H and O–H groups in total. The van der Waals surface area contributed by atoms with Crippen LogP contribution in [0, 0.1) is 11.8 Å². The third-order valence-corrected chi connectivity index (χ3v) is 4.80. The summed E-state index contributed by atoms with van der Waals surface area (Å²) in [5.41, 5.74) is 4.63. The van der Waals surface area contributed by atoms with Crippen molar-refractivity contribution in [1.82, 2.24) is 4.90 Å². The van der Waals surface area contributed by atoms with Gasteiger partial charge in [-0.2, -0.15) is 0 Å². The summed E-state index contributed by atoms with van der Waals surface area (Å²) in [6, 6.07) is 14.2. The number of hydrogen-bond acceptors (Lipinski definition) is 3. The van der Waals surface area contributed by atoms with Crippen molar-refractivity contribution in [2.45, 2.75) is 25.8 Å². The third-order valence-electron chi connectivity index (χ3n) is 4.80. The lowest BCUT2D eigenvalue weighted by molar-refractivity contribution is 0.109. The van der Waals surface area contributed by atoms with Gasteiger partial charge in [0.1, 0.15) is 5.75 Å². The minimum absolute atomic E-state index is 0.102. The molecule has 0 unspecified atom stereocenters. The van der Waals surface area contributed by atoms with E-state index in [2.05, 4.69) is 30.0 Å². The zero-order chi connectivity index (χ0) is 17.8. The van der Waals surface area contributed by atoms with E-state index >= 15 is 0 Å². The van der Waals surface area contributed by atoms with Crippen LogP contribution in [0.5, 0.6) is 5.75 Å². The normalized spacial score (nSPS) is 15.0. The SMILES string of the molecule is O=C(OCC#Cc1ccc2c(c1)CCCO2)N1CCc2ccccc2C1. The Hall–Kier alpha value is -2.93. The van der Waals surface area contributed by atoms with Gasteiger partial charge >= 0.3 is 6.09 Å². The maximum absolute atomic E-state index is 12.2. The van der Waals surface area contributed by atoms with Crippen LogP contribution in [0.4, 0.5) is 4.79 Å². The highest BCUT2D eigenvalue weighted by molar-refractivity contribution is 5.68. The molecule has 0 fully saturated rings. The molecule has 4 heteroatoms. The number of nitrogens with zero attached hydrogens (tertiary/aromatic N) is 1. The Bertz CT molecular complexity index is 878. The monoisotopic (exact) mass is 347 g/mol. The van der Waals surface area contributed by atoms with E-state index in [-0.39, 0.29) is 12.7 Å². The molecule has 0 atom stereocenters. The second-order valence-corrected chi connectivity index (χ2v) is 6.57. The fourth-order valence-electron chi connectivity index (χ4n) is 3.42. The Balaban J connectivity index is 1.31. The molecule has 0 bridgehead atoms. The van der Waals surface area contributed by atoms with Crippen LogP contribution in [0.1, 0.15) is 28.7 Å². The van der Waals surface area contributed by atoms with Crippen molar-refractivity contribution in [3.63, 3.8) is 0 Å². The molecule has 2 aromatic rings. The van der Waals surface area contributed by atoms with Crippen LogP contribution in [-0.4, -0.2) is 30.8 Å². The number of fused-ring (bicyclic) bond motifs is 2. The molecule has 2 aliphatic heterocycles. The second kappa shape index (κ2) is 7.53. The van der Waals surface area contributed by atoms with E-state index in [1.165, 1.54) is 16.7 Å². The first-order chi connectivity index (χ1) is 12.8. The summed E-state index contributed by atoms with van der Waals surface area (Å²) in [6.07, 6.45) is 2.64. The Morgan fingerprint density at radius 1 is 1.12 bits per heavy atom. The van der Waals surface area contributed by atoms with Gasteiger partial charge in [0, 0.05) is 18.7 Å². The third kappa shape index (κ3) is 3.67. The molecule has 26 heavy (non-hydrogen) atoms. The van der Waals surface area contributed by atoms with Gasteiger partial charge in [0.05, 0.1) is 6.61 Å². The topological polar surface area (TPSA) is 38.8 Å². The van der Waals surface area contributed by atoms with Crippen molar-refractivity contribution in [3.05, 3.63) is 64.7 Å². The van der Waals surface area contributed by atoms with Gasteiger partial charge in [-0.1, -0.05) is 36.1 Å². The number of rotatable bonds is 1. The molecule has 4 rings (SSSR count). The molecule has 0 aliphatic carbocycles. The van der Waals surface area contributed by atoms with Crippen LogP contribution >= 0.6 is 0 Å². The Morgan fingerprint density at radius 3 is 2.92 bits per heavy atom. The lowest BCUT2D eigenvalue weighted by Crippen LogP contribution is -2.36. The zero-order valence-electron chi connectivity index (χ0n) is 14.7. The predicted octanol–water partition coefficient (Wildman–Crippen LogP) is 3.56. The predicted molar refractivity (Wildman–Crippen MR) is 99.0 cm³/mol. The first-order valence-corrected chi connectivity index (χ1v) is 9.03. The maximum atomic E-state index is 12.2. The van der Waals surface area contributed by atoms with E-state index < -0.39 is 0 Å². The van der Waals surface area contributed by atoms with Crippen LogP contribution in [-0.2, 0) is 24.1 Å². The fourth-order valence-corrected chi connectivity index (χ4v) is 3.42. The van der Waals surface area contributed by atoms with Crippen LogP contribution in [0.2, 0.25) is 0 Å². The first kappa shape index (κ1) is 16.5. The van der Waals surface area contributed by atoms with Crippen LogP contribution in [0.15, 0.2) is 42.5 Å². The van der Waals surface area contributed by atoms with Gasteiger partial charge < -0.3 is 14.4 Å². The molecule has 0 saturated carbocycles. The minimum atomic E-state index is -0.298. The molecule has 0 radical (unpaired) electrons. The summed E-state index contributed by atoms with van der Waals surface area (Å²) >= 11 is 0. The molecule has 2 aliphatic rings. The van der Waals surface area contributed by atoms with Crippen LogP contribution < -0.4 is 4.74 Å². The standard InChI is InChI=1S/C22H21NO3/c24-22(23-12-11-18-6-1-2-7-20(18)16-23)26-14-3-5-17-9-10-21-19(15-17)8-4-13-25-21/h1-2,6-7,9-10,15H,4,8,11-14,16H2. The van der Waals surface area contributed by atoms with Crippen LogP contribution in [0.3, 0.4) is 0 Å². The maximum Gasteiger partial charge on any atom is 0.411 e. The summed E-state index contributed by atoms with van der Waals surface area (Å²) in [5.74, 6) is 6.96. The fraction of sp³-hybridized carbons (Fsp3) is 0.318. The lowest BCUT2D eigenvalue weighted by Gasteiger charge is -2.27. The quantitative estimate of drug-likeness (QED) is 0.741. The number of carbonyl (C=O) groups is 1. The molecule has 0 aromatic heterocycles. The smallest absolute Gasteiger partial charge is 0.411 e. The average Bonchev–Trinajstić information content (AvgIpc) is 2.70. The summed E-state index contributed by atoms with van der Waals surface area (Å²) in [4.78, 5) is 14.0. The van der Waals surface area contributed by atoms with Crippen LogP contribution in [0.25, 0.3) is 0 Å². The van der Waals surface area contributed by atoms with Gasteiger partial charge in [-0.25, -0.2) is 4.79 Å². The molecular formula is C22H21NO3. The highest BCUT2D eigenvalue weighted by Crippen LogP contribution is 2.25. The van der Waals surface area contributed by atoms with Gasteiger partial charge in [0.15, 0.2) is 6.61 Å². The lowest BCUT2D eigenvalue weighted by atomic mass is 10.0. The van der Waals surface area contributed by atoms with Gasteiger partial charge in [-0.3, -0.25) is 0 Å². The van der Waals surface area contributed by atoms with Crippen molar-refractivity contribution in [2.75, 3.05) is 19.8 Å². The van der Waals surface area contributed by atoms with Gasteiger partial charge in [0.2, 0.25) is 0 Å². The summed E-state index contributed by atoms with van der Waals surface area (Å²) in [5, 5.41) is 0. The van der Waals surface area contributed by atoms with Gasteiger partial charge in [-0.15, -0.1) is 0 Å². The Morgan fingerprint density at radius 2 is 2.00 bits per heavy atom. The van der Waals surface area contributed by atoms with Crippen molar-refractivity contribution in [3.8, 4) is 17.6 Å². The van der Waals surface area contributed by atoms with Gasteiger partial charge in [-0.05, 0) is 54.2 Å². The highest BCUT2D eigenvalue weighted by atomic mass is 16.6. The van der Waals surface area contributed by atoms with Gasteiger partial charge in [0.25, 0.3) is 0 Å². The minimum Gasteiger partial charge on any atom is -0.493 e. The van der Waals surface area contributed by atoms with E-state index in [1.54, 1.807) is 4.90 Å². The first-order valence-electron chi connectivity index (χ1n) is 9.03. The Labute approximate surface area is 153 Å². The van der Waals surface area contributed by atoms with E-state index in [0.29, 0.717) is 13.1 Å².